The number of nitrogens with zero attached hydrogens (tertiary/aromatic N) is 1. The van der Waals surface area contributed by atoms with Gasteiger partial charge in [-0.25, -0.2) is 4.79 Å². The van der Waals surface area contributed by atoms with Crippen LogP contribution in [0.15, 0.2) is 54.7 Å². The second kappa shape index (κ2) is 8.54. The van der Waals surface area contributed by atoms with Crippen molar-refractivity contribution in [3.8, 4) is 0 Å². The van der Waals surface area contributed by atoms with Gasteiger partial charge in [0.25, 0.3) is 11.8 Å². The first-order valence-electron chi connectivity index (χ1n) is 10.1. The van der Waals surface area contributed by atoms with Crippen LogP contribution in [0.1, 0.15) is 28.8 Å². The first kappa shape index (κ1) is 21.1. The van der Waals surface area contributed by atoms with Crippen LogP contribution in [-0.2, 0) is 20.8 Å². The van der Waals surface area contributed by atoms with Gasteiger partial charge in [-0.3, -0.25) is 19.3 Å². The predicted octanol–water partition coefficient (Wildman–Crippen LogP) is 1.69. The van der Waals surface area contributed by atoms with Crippen LogP contribution < -0.4 is 11.1 Å². The quantitative estimate of drug-likeness (QED) is 0.343. The number of nitrogens with one attached hydrogen (secondary N) is 2. The number of aliphatic carboxylic acids is 1. The molecule has 2 heterocycles. The number of aromatic nitrogens is 1. The van der Waals surface area contributed by atoms with E-state index in [0.29, 0.717) is 11.3 Å². The number of nitrogens with two attached hydrogens (primary N) is 1. The molecule has 4 rings (SSSR count). The van der Waals surface area contributed by atoms with Gasteiger partial charge in [-0.15, -0.1) is 0 Å². The molecule has 9 nitrogen and oxygen atoms in total. The summed E-state index contributed by atoms with van der Waals surface area (Å²) in [7, 11) is 0. The summed E-state index contributed by atoms with van der Waals surface area (Å²) in [5.74, 6) is -3.14. The number of H-pyrrole nitrogens is 1. The van der Waals surface area contributed by atoms with E-state index in [-0.39, 0.29) is 30.7 Å². The van der Waals surface area contributed by atoms with Crippen LogP contribution >= 0.6 is 0 Å². The third kappa shape index (κ3) is 4.04. The number of para-hydroxylation sites is 1. The molecule has 2 aromatic carbocycles. The molecule has 1 aromatic heterocycles. The SMILES string of the molecule is Nc1ccc(C(=O)N(C(=O)[C@@H]2CCC(=O)N2)[C@@H](Cc2c[nH]c3ccccc23)C(=O)O)cc1. The molecule has 3 aromatic rings. The van der Waals surface area contributed by atoms with E-state index in [9.17, 15) is 24.3 Å². The van der Waals surface area contributed by atoms with Crippen molar-refractivity contribution in [2.24, 2.45) is 0 Å². The van der Waals surface area contributed by atoms with Gasteiger partial charge in [-0.05, 0) is 42.3 Å². The molecule has 164 valence electrons. The third-order valence-electron chi connectivity index (χ3n) is 5.59. The third-order valence-corrected chi connectivity index (χ3v) is 5.59. The Bertz CT molecular complexity index is 1200. The number of carbonyl (C=O) groups excluding carboxylic acids is 3. The molecule has 0 unspecified atom stereocenters. The van der Waals surface area contributed by atoms with Crippen molar-refractivity contribution in [3.63, 3.8) is 0 Å². The number of aromatic amines is 1. The lowest BCUT2D eigenvalue weighted by Crippen LogP contribution is -2.55. The Hall–Kier alpha value is -4.14. The normalized spacial score (nSPS) is 16.5. The Morgan fingerprint density at radius 3 is 2.50 bits per heavy atom. The largest absolute Gasteiger partial charge is 0.480 e. The number of carboxylic acid groups (broad SMARTS) is 1. The van der Waals surface area contributed by atoms with E-state index in [4.69, 9.17) is 5.73 Å². The zero-order valence-corrected chi connectivity index (χ0v) is 17.1. The van der Waals surface area contributed by atoms with Gasteiger partial charge >= 0.3 is 5.97 Å². The molecule has 1 aliphatic rings. The summed E-state index contributed by atoms with van der Waals surface area (Å²) < 4.78 is 0. The zero-order chi connectivity index (χ0) is 22.8. The summed E-state index contributed by atoms with van der Waals surface area (Å²) in [4.78, 5) is 54.5. The molecule has 1 fully saturated rings. The van der Waals surface area contributed by atoms with Crippen molar-refractivity contribution in [1.29, 1.82) is 0 Å². The molecule has 1 aliphatic heterocycles. The molecule has 1 saturated heterocycles. The second-order valence-electron chi connectivity index (χ2n) is 7.71. The Kier molecular flexibility index (Phi) is 5.63. The number of amides is 3. The number of hydrogen-bond donors (Lipinski definition) is 4. The summed E-state index contributed by atoms with van der Waals surface area (Å²) in [6.45, 7) is 0. The number of benzene rings is 2. The van der Waals surface area contributed by atoms with Crippen LogP contribution in [0.3, 0.4) is 0 Å². The number of anilines is 1. The van der Waals surface area contributed by atoms with Crippen molar-refractivity contribution in [3.05, 3.63) is 65.9 Å². The van der Waals surface area contributed by atoms with Gasteiger partial charge in [-0.2, -0.15) is 0 Å². The summed E-state index contributed by atoms with van der Waals surface area (Å²) >= 11 is 0. The molecule has 3 amide bonds. The van der Waals surface area contributed by atoms with E-state index < -0.39 is 29.9 Å². The molecular weight excluding hydrogens is 412 g/mol. The van der Waals surface area contributed by atoms with Gasteiger partial charge in [-0.1, -0.05) is 18.2 Å². The number of rotatable bonds is 6. The fourth-order valence-corrected chi connectivity index (χ4v) is 3.93. The zero-order valence-electron chi connectivity index (χ0n) is 17.1. The van der Waals surface area contributed by atoms with E-state index in [1.165, 1.54) is 24.3 Å². The summed E-state index contributed by atoms with van der Waals surface area (Å²) in [6.07, 6.45) is 1.92. The lowest BCUT2D eigenvalue weighted by atomic mass is 10.0. The van der Waals surface area contributed by atoms with Crippen LogP contribution in [0.4, 0.5) is 5.69 Å². The average Bonchev–Trinajstić information content (AvgIpc) is 3.39. The van der Waals surface area contributed by atoms with Crippen LogP contribution in [-0.4, -0.2) is 50.8 Å². The second-order valence-corrected chi connectivity index (χ2v) is 7.71. The van der Waals surface area contributed by atoms with E-state index in [2.05, 4.69) is 10.3 Å². The van der Waals surface area contributed by atoms with E-state index in [1.54, 1.807) is 6.20 Å². The maximum absolute atomic E-state index is 13.4. The highest BCUT2D eigenvalue weighted by molar-refractivity contribution is 6.09. The maximum Gasteiger partial charge on any atom is 0.327 e. The molecule has 0 spiro atoms. The van der Waals surface area contributed by atoms with Crippen LogP contribution in [0.5, 0.6) is 0 Å². The Morgan fingerprint density at radius 1 is 1.12 bits per heavy atom. The van der Waals surface area contributed by atoms with Gasteiger partial charge < -0.3 is 21.1 Å². The highest BCUT2D eigenvalue weighted by Crippen LogP contribution is 2.23. The van der Waals surface area contributed by atoms with Crippen LogP contribution in [0, 0.1) is 0 Å². The Morgan fingerprint density at radius 2 is 1.84 bits per heavy atom. The molecule has 9 heteroatoms. The van der Waals surface area contributed by atoms with Gasteiger partial charge in [0.1, 0.15) is 12.1 Å². The van der Waals surface area contributed by atoms with Crippen molar-refractivity contribution in [1.82, 2.24) is 15.2 Å². The Balaban J connectivity index is 1.73. The van der Waals surface area contributed by atoms with E-state index >= 15 is 0 Å². The minimum Gasteiger partial charge on any atom is -0.480 e. The summed E-state index contributed by atoms with van der Waals surface area (Å²) in [5.41, 5.74) is 7.72. The predicted molar refractivity (Wildman–Crippen MR) is 117 cm³/mol. The number of nitrogen functional groups attached to an aromatic ring is 1. The van der Waals surface area contributed by atoms with E-state index in [0.717, 1.165) is 15.8 Å². The molecule has 5 N–H and O–H groups in total. The monoisotopic (exact) mass is 434 g/mol. The fraction of sp³-hybridized carbons (Fsp3) is 0.217. The minimum absolute atomic E-state index is 0.0908. The molecule has 0 aliphatic carbocycles. The smallest absolute Gasteiger partial charge is 0.327 e. The first-order valence-corrected chi connectivity index (χ1v) is 10.1. The summed E-state index contributed by atoms with van der Waals surface area (Å²) in [5, 5.41) is 13.4. The molecule has 32 heavy (non-hydrogen) atoms. The number of fused-ring (bicyclic) bond motifs is 1. The van der Waals surface area contributed by atoms with Crippen LogP contribution in [0.25, 0.3) is 10.9 Å². The lowest BCUT2D eigenvalue weighted by Gasteiger charge is -2.29. The molecule has 0 bridgehead atoms. The topological polar surface area (TPSA) is 146 Å². The van der Waals surface area contributed by atoms with E-state index in [1.807, 2.05) is 24.3 Å². The first-order chi connectivity index (χ1) is 15.3. The maximum atomic E-state index is 13.4. The average molecular weight is 434 g/mol. The number of carbonyl (C=O) groups is 4. The molecule has 0 saturated carbocycles. The molecular formula is C23H22N4O5. The van der Waals surface area contributed by atoms with Crippen LogP contribution in [0.2, 0.25) is 0 Å². The van der Waals surface area contributed by atoms with Gasteiger partial charge in [0.05, 0.1) is 0 Å². The highest BCUT2D eigenvalue weighted by Gasteiger charge is 2.41. The summed E-state index contributed by atoms with van der Waals surface area (Å²) in [6, 6.07) is 10.8. The number of carboxylic acids is 1. The highest BCUT2D eigenvalue weighted by atomic mass is 16.4. The van der Waals surface area contributed by atoms with Gasteiger partial charge in [0.2, 0.25) is 5.91 Å². The molecule has 2 atom stereocenters. The van der Waals surface area contributed by atoms with Crippen molar-refractivity contribution < 1.29 is 24.3 Å². The van der Waals surface area contributed by atoms with Gasteiger partial charge in [0, 0.05) is 41.2 Å². The van der Waals surface area contributed by atoms with Crippen molar-refractivity contribution in [2.75, 3.05) is 5.73 Å². The minimum atomic E-state index is -1.47. The van der Waals surface area contributed by atoms with Crippen molar-refractivity contribution >= 4 is 40.3 Å². The number of hydrogen-bond acceptors (Lipinski definition) is 5. The Labute approximate surface area is 183 Å². The fourth-order valence-electron chi connectivity index (χ4n) is 3.93. The molecule has 0 radical (unpaired) electrons. The van der Waals surface area contributed by atoms with Gasteiger partial charge in [0.15, 0.2) is 0 Å². The lowest BCUT2D eigenvalue weighted by molar-refractivity contribution is -0.148. The number of imide groups is 1. The standard InChI is InChI=1S/C23H22N4O5/c24-15-7-5-13(6-8-15)21(29)27(22(30)18-9-10-20(28)26-18)19(23(31)32)11-14-12-25-17-4-2-1-3-16(14)17/h1-8,12,18-19,25H,9-11,24H2,(H,26,28)(H,31,32)/t18-,19-/m0/s1. The van der Waals surface area contributed by atoms with Crippen molar-refractivity contribution in [2.45, 2.75) is 31.3 Å².